The summed E-state index contributed by atoms with van der Waals surface area (Å²) < 4.78 is 48.0. The predicted molar refractivity (Wildman–Crippen MR) is 73.9 cm³/mol. The van der Waals surface area contributed by atoms with Gasteiger partial charge in [0.25, 0.3) is 0 Å². The first-order valence-electron chi connectivity index (χ1n) is 6.52. The highest BCUT2D eigenvalue weighted by molar-refractivity contribution is 5.89. The molecule has 0 amide bonds. The maximum Gasteiger partial charge on any atom is 0.416 e. The fourth-order valence-corrected chi connectivity index (χ4v) is 1.75. The smallest absolute Gasteiger partial charge is 0.416 e. The van der Waals surface area contributed by atoms with Crippen LogP contribution in [-0.4, -0.2) is 12.6 Å². The average Bonchev–Trinajstić information content (AvgIpc) is 2.48. The van der Waals surface area contributed by atoms with Crippen LogP contribution in [0, 0.1) is 0 Å². The van der Waals surface area contributed by atoms with Gasteiger partial charge in [0.15, 0.2) is 0 Å². The first-order valence-corrected chi connectivity index (χ1v) is 6.52. The van der Waals surface area contributed by atoms with Crippen LogP contribution in [0.1, 0.15) is 22.8 Å². The van der Waals surface area contributed by atoms with Crippen molar-refractivity contribution in [3.05, 3.63) is 59.7 Å². The van der Waals surface area contributed by atoms with Gasteiger partial charge in [-0.05, 0) is 49.4 Å². The molecule has 6 heteroatoms. The summed E-state index contributed by atoms with van der Waals surface area (Å²) in [7, 11) is 0. The second kappa shape index (κ2) is 6.51. The number of benzene rings is 2. The van der Waals surface area contributed by atoms with E-state index in [1.807, 2.05) is 0 Å². The number of rotatable bonds is 4. The van der Waals surface area contributed by atoms with Gasteiger partial charge in [-0.25, -0.2) is 4.79 Å². The molecule has 2 rings (SSSR count). The zero-order valence-corrected chi connectivity index (χ0v) is 11.7. The standard InChI is InChI=1S/C16H13F3O3/c1-2-21-15(20)11-6-8-13(9-7-11)22-14-5-3-4-12(10-14)16(17,18)19/h3-10H,2H2,1H3. The molecule has 2 aromatic carbocycles. The molecule has 3 nitrogen and oxygen atoms in total. The Morgan fingerprint density at radius 1 is 1.05 bits per heavy atom. The topological polar surface area (TPSA) is 35.5 Å². The molecule has 0 aromatic heterocycles. The number of alkyl halides is 3. The van der Waals surface area contributed by atoms with Gasteiger partial charge < -0.3 is 9.47 Å². The van der Waals surface area contributed by atoms with E-state index in [1.54, 1.807) is 6.92 Å². The maximum atomic E-state index is 12.6. The van der Waals surface area contributed by atoms with Crippen LogP contribution in [0.3, 0.4) is 0 Å². The third-order valence-corrected chi connectivity index (χ3v) is 2.76. The quantitative estimate of drug-likeness (QED) is 0.770. The lowest BCUT2D eigenvalue weighted by Gasteiger charge is -2.10. The van der Waals surface area contributed by atoms with E-state index in [1.165, 1.54) is 36.4 Å². The van der Waals surface area contributed by atoms with Crippen molar-refractivity contribution in [2.45, 2.75) is 13.1 Å². The minimum absolute atomic E-state index is 0.0682. The Labute approximate surface area is 125 Å². The lowest BCUT2D eigenvalue weighted by Crippen LogP contribution is -2.05. The van der Waals surface area contributed by atoms with Crippen LogP contribution in [0.15, 0.2) is 48.5 Å². The van der Waals surface area contributed by atoms with Crippen LogP contribution >= 0.6 is 0 Å². The van der Waals surface area contributed by atoms with E-state index in [0.717, 1.165) is 12.1 Å². The van der Waals surface area contributed by atoms with Crippen molar-refractivity contribution in [2.75, 3.05) is 6.61 Å². The summed E-state index contributed by atoms with van der Waals surface area (Å²) in [4.78, 5) is 11.5. The van der Waals surface area contributed by atoms with Crippen LogP contribution < -0.4 is 4.74 Å². The molecule has 0 radical (unpaired) electrons. The molecule has 0 N–H and O–H groups in total. The van der Waals surface area contributed by atoms with Crippen molar-refractivity contribution in [3.63, 3.8) is 0 Å². The largest absolute Gasteiger partial charge is 0.462 e. The van der Waals surface area contributed by atoms with Crippen molar-refractivity contribution in [3.8, 4) is 11.5 Å². The first-order chi connectivity index (χ1) is 10.4. The monoisotopic (exact) mass is 310 g/mol. The van der Waals surface area contributed by atoms with Gasteiger partial charge in [-0.3, -0.25) is 0 Å². The maximum absolute atomic E-state index is 12.6. The number of hydrogen-bond acceptors (Lipinski definition) is 3. The molecular formula is C16H13F3O3. The van der Waals surface area contributed by atoms with Crippen molar-refractivity contribution < 1.29 is 27.4 Å². The van der Waals surface area contributed by atoms with E-state index in [4.69, 9.17) is 9.47 Å². The van der Waals surface area contributed by atoms with Gasteiger partial charge in [0.1, 0.15) is 11.5 Å². The van der Waals surface area contributed by atoms with Crippen LogP contribution in [0.4, 0.5) is 13.2 Å². The number of ether oxygens (including phenoxy) is 2. The fraction of sp³-hybridized carbons (Fsp3) is 0.188. The van der Waals surface area contributed by atoms with Gasteiger partial charge in [-0.2, -0.15) is 13.2 Å². The molecule has 22 heavy (non-hydrogen) atoms. The Morgan fingerprint density at radius 3 is 2.32 bits per heavy atom. The van der Waals surface area contributed by atoms with Gasteiger partial charge in [-0.1, -0.05) is 6.07 Å². The van der Waals surface area contributed by atoms with E-state index in [9.17, 15) is 18.0 Å². The van der Waals surface area contributed by atoms with Crippen molar-refractivity contribution in [1.29, 1.82) is 0 Å². The number of esters is 1. The minimum Gasteiger partial charge on any atom is -0.462 e. The summed E-state index contributed by atoms with van der Waals surface area (Å²) in [5.41, 5.74) is -0.439. The number of carbonyl (C=O) groups is 1. The summed E-state index contributed by atoms with van der Waals surface area (Å²) in [5.74, 6) is -0.0702. The molecule has 116 valence electrons. The number of hydrogen-bond donors (Lipinski definition) is 0. The predicted octanol–water partition coefficient (Wildman–Crippen LogP) is 4.67. The second-order valence-corrected chi connectivity index (χ2v) is 4.37. The summed E-state index contributed by atoms with van der Waals surface area (Å²) in [6.07, 6.45) is -4.42. The zero-order valence-electron chi connectivity index (χ0n) is 11.7. The zero-order chi connectivity index (χ0) is 16.2. The molecule has 0 bridgehead atoms. The Balaban J connectivity index is 2.13. The van der Waals surface area contributed by atoms with Gasteiger partial charge in [-0.15, -0.1) is 0 Å². The molecular weight excluding hydrogens is 297 g/mol. The first kappa shape index (κ1) is 15.9. The van der Waals surface area contributed by atoms with Crippen molar-refractivity contribution >= 4 is 5.97 Å². The summed E-state index contributed by atoms with van der Waals surface area (Å²) >= 11 is 0. The van der Waals surface area contributed by atoms with E-state index in [2.05, 4.69) is 0 Å². The molecule has 0 saturated carbocycles. The number of halogens is 3. The lowest BCUT2D eigenvalue weighted by atomic mass is 10.2. The summed E-state index contributed by atoms with van der Waals surface area (Å²) in [5, 5.41) is 0. The molecule has 0 saturated heterocycles. The third-order valence-electron chi connectivity index (χ3n) is 2.76. The Morgan fingerprint density at radius 2 is 1.73 bits per heavy atom. The molecule has 2 aromatic rings. The second-order valence-electron chi connectivity index (χ2n) is 4.37. The van der Waals surface area contributed by atoms with Crippen molar-refractivity contribution in [1.82, 2.24) is 0 Å². The van der Waals surface area contributed by atoms with E-state index in [0.29, 0.717) is 11.3 Å². The molecule has 0 fully saturated rings. The third kappa shape index (κ3) is 4.00. The highest BCUT2D eigenvalue weighted by atomic mass is 19.4. The van der Waals surface area contributed by atoms with Crippen LogP contribution in [0.25, 0.3) is 0 Å². The lowest BCUT2D eigenvalue weighted by molar-refractivity contribution is -0.137. The Bertz CT molecular complexity index is 648. The minimum atomic E-state index is -4.42. The van der Waals surface area contributed by atoms with Gasteiger partial charge >= 0.3 is 12.1 Å². The van der Waals surface area contributed by atoms with E-state index in [-0.39, 0.29) is 12.4 Å². The Hall–Kier alpha value is -2.50. The molecule has 0 unspecified atom stereocenters. The summed E-state index contributed by atoms with van der Waals surface area (Å²) in [6, 6.07) is 10.5. The van der Waals surface area contributed by atoms with Gasteiger partial charge in [0.05, 0.1) is 17.7 Å². The molecule has 0 aliphatic carbocycles. The molecule has 0 heterocycles. The van der Waals surface area contributed by atoms with Crippen molar-refractivity contribution in [2.24, 2.45) is 0 Å². The molecule has 0 aliphatic heterocycles. The number of carbonyl (C=O) groups excluding carboxylic acids is 1. The van der Waals surface area contributed by atoms with Crippen LogP contribution in [0.5, 0.6) is 11.5 Å². The van der Waals surface area contributed by atoms with E-state index >= 15 is 0 Å². The highest BCUT2D eigenvalue weighted by Crippen LogP contribution is 2.32. The SMILES string of the molecule is CCOC(=O)c1ccc(Oc2cccc(C(F)(F)F)c2)cc1. The van der Waals surface area contributed by atoms with Gasteiger partial charge in [0, 0.05) is 0 Å². The van der Waals surface area contributed by atoms with Crippen LogP contribution in [0.2, 0.25) is 0 Å². The van der Waals surface area contributed by atoms with E-state index < -0.39 is 17.7 Å². The normalized spacial score (nSPS) is 11.1. The van der Waals surface area contributed by atoms with Crippen LogP contribution in [-0.2, 0) is 10.9 Å². The molecule has 0 atom stereocenters. The summed E-state index contributed by atoms with van der Waals surface area (Å²) in [6.45, 7) is 1.96. The Kier molecular flexibility index (Phi) is 4.70. The molecule has 0 spiro atoms. The highest BCUT2D eigenvalue weighted by Gasteiger charge is 2.30. The van der Waals surface area contributed by atoms with Gasteiger partial charge in [0.2, 0.25) is 0 Å². The average molecular weight is 310 g/mol. The fourth-order valence-electron chi connectivity index (χ4n) is 1.75. The molecule has 0 aliphatic rings.